The van der Waals surface area contributed by atoms with Crippen molar-refractivity contribution in [1.29, 1.82) is 0 Å². The van der Waals surface area contributed by atoms with Crippen molar-refractivity contribution in [3.8, 4) is 10.6 Å². The molecule has 6 heteroatoms. The maximum atomic E-state index is 12.4. The Morgan fingerprint density at radius 3 is 2.54 bits per heavy atom. The number of carbonyl (C=O) groups is 1. The second kappa shape index (κ2) is 6.36. The van der Waals surface area contributed by atoms with Gasteiger partial charge in [0.15, 0.2) is 0 Å². The van der Waals surface area contributed by atoms with Gasteiger partial charge in [0.1, 0.15) is 5.01 Å². The molecule has 2 aromatic carbocycles. The molecule has 3 rings (SSSR count). The zero-order chi connectivity index (χ0) is 17.5. The molecule has 1 aromatic heterocycles. The average molecular weight is 379 g/mol. The molecule has 1 heterocycles. The molecule has 0 saturated carbocycles. The van der Waals surface area contributed by atoms with Gasteiger partial charge in [0.05, 0.1) is 20.9 Å². The normalized spacial score (nSPS) is 11.7. The summed E-state index contributed by atoms with van der Waals surface area (Å²) in [6.45, 7) is 5.55. The first-order valence-electron chi connectivity index (χ1n) is 7.42. The van der Waals surface area contributed by atoms with Gasteiger partial charge in [-0.05, 0) is 24.3 Å². The van der Waals surface area contributed by atoms with Gasteiger partial charge >= 0.3 is 0 Å². The molecule has 1 N–H and O–H groups in total. The van der Waals surface area contributed by atoms with Crippen LogP contribution in [-0.4, -0.2) is 10.9 Å². The van der Waals surface area contributed by atoms with E-state index < -0.39 is 5.41 Å². The number of para-hydroxylation sites is 1. The highest BCUT2D eigenvalue weighted by Crippen LogP contribution is 2.40. The Kier molecular flexibility index (Phi) is 4.56. The second-order valence-corrected chi connectivity index (χ2v) is 8.38. The highest BCUT2D eigenvalue weighted by molar-refractivity contribution is 7.21. The Morgan fingerprint density at radius 1 is 1.17 bits per heavy atom. The van der Waals surface area contributed by atoms with Crippen molar-refractivity contribution < 1.29 is 4.79 Å². The highest BCUT2D eigenvalue weighted by atomic mass is 35.5. The summed E-state index contributed by atoms with van der Waals surface area (Å²) in [5.74, 6) is -0.117. The molecular weight excluding hydrogens is 363 g/mol. The Labute approximate surface area is 154 Å². The zero-order valence-corrected chi connectivity index (χ0v) is 15.8. The Morgan fingerprint density at radius 2 is 1.88 bits per heavy atom. The Balaban J connectivity index is 2.14. The lowest BCUT2D eigenvalue weighted by atomic mass is 9.95. The molecule has 0 saturated heterocycles. The van der Waals surface area contributed by atoms with Gasteiger partial charge < -0.3 is 5.32 Å². The van der Waals surface area contributed by atoms with Crippen molar-refractivity contribution in [3.63, 3.8) is 0 Å². The number of rotatable bonds is 2. The van der Waals surface area contributed by atoms with Crippen molar-refractivity contribution in [2.75, 3.05) is 5.32 Å². The van der Waals surface area contributed by atoms with Crippen LogP contribution in [0.1, 0.15) is 20.8 Å². The minimum Gasteiger partial charge on any atom is -0.324 e. The Hall–Kier alpha value is -1.62. The number of carbonyl (C=O) groups excluding carboxylic acids is 1. The lowest BCUT2D eigenvalue weighted by molar-refractivity contribution is -0.123. The van der Waals surface area contributed by atoms with Gasteiger partial charge in [0.2, 0.25) is 5.91 Å². The van der Waals surface area contributed by atoms with Crippen LogP contribution in [0.25, 0.3) is 20.8 Å². The van der Waals surface area contributed by atoms with Gasteiger partial charge in [0.25, 0.3) is 0 Å². The summed E-state index contributed by atoms with van der Waals surface area (Å²) in [4.78, 5) is 17.1. The van der Waals surface area contributed by atoms with E-state index in [1.165, 1.54) is 11.3 Å². The van der Waals surface area contributed by atoms with Crippen molar-refractivity contribution in [1.82, 2.24) is 4.98 Å². The van der Waals surface area contributed by atoms with E-state index in [9.17, 15) is 4.79 Å². The van der Waals surface area contributed by atoms with Crippen LogP contribution in [0.5, 0.6) is 0 Å². The summed E-state index contributed by atoms with van der Waals surface area (Å²) < 4.78 is 1.07. The molecule has 0 radical (unpaired) electrons. The van der Waals surface area contributed by atoms with E-state index in [0.717, 1.165) is 20.8 Å². The van der Waals surface area contributed by atoms with Gasteiger partial charge in [-0.3, -0.25) is 4.79 Å². The molecule has 124 valence electrons. The smallest absolute Gasteiger partial charge is 0.229 e. The summed E-state index contributed by atoms with van der Waals surface area (Å²) in [5.41, 5.74) is 1.64. The standard InChI is InChI=1S/C18H16Cl2N2OS/c1-18(2,3)17(23)22-15-11(8-10(19)9-12(15)20)16-21-13-6-4-5-7-14(13)24-16/h4-9H,1-3H3,(H,22,23). The second-order valence-electron chi connectivity index (χ2n) is 6.50. The third-order valence-corrected chi connectivity index (χ3v) is 5.09. The van der Waals surface area contributed by atoms with Crippen LogP contribution in [-0.2, 0) is 4.79 Å². The summed E-state index contributed by atoms with van der Waals surface area (Å²) in [7, 11) is 0. The molecule has 0 fully saturated rings. The number of amides is 1. The molecule has 0 bridgehead atoms. The maximum Gasteiger partial charge on any atom is 0.229 e. The van der Waals surface area contributed by atoms with Crippen LogP contribution < -0.4 is 5.32 Å². The third kappa shape index (κ3) is 3.41. The zero-order valence-electron chi connectivity index (χ0n) is 13.5. The van der Waals surface area contributed by atoms with Crippen LogP contribution in [0.3, 0.4) is 0 Å². The molecule has 1 amide bonds. The molecule has 0 aliphatic heterocycles. The predicted octanol–water partition coefficient (Wildman–Crippen LogP) is 6.25. The quantitative estimate of drug-likeness (QED) is 0.571. The van der Waals surface area contributed by atoms with Gasteiger partial charge in [-0.2, -0.15) is 0 Å². The largest absolute Gasteiger partial charge is 0.324 e. The fraction of sp³-hybridized carbons (Fsp3) is 0.222. The summed E-state index contributed by atoms with van der Waals surface area (Å²) in [5, 5.41) is 4.59. The molecule has 0 aliphatic rings. The lowest BCUT2D eigenvalue weighted by Gasteiger charge is -2.20. The highest BCUT2D eigenvalue weighted by Gasteiger charge is 2.24. The number of fused-ring (bicyclic) bond motifs is 1. The van der Waals surface area contributed by atoms with E-state index in [-0.39, 0.29) is 5.91 Å². The molecule has 0 aliphatic carbocycles. The summed E-state index contributed by atoms with van der Waals surface area (Å²) in [6, 6.07) is 11.3. The van der Waals surface area contributed by atoms with Gasteiger partial charge in [0, 0.05) is 16.0 Å². The van der Waals surface area contributed by atoms with E-state index in [4.69, 9.17) is 23.2 Å². The number of hydrogen-bond acceptors (Lipinski definition) is 3. The maximum absolute atomic E-state index is 12.4. The van der Waals surface area contributed by atoms with E-state index in [0.29, 0.717) is 15.7 Å². The number of hydrogen-bond donors (Lipinski definition) is 1. The SMILES string of the molecule is CC(C)(C)C(=O)Nc1c(Cl)cc(Cl)cc1-c1nc2ccccc2s1. The number of nitrogens with one attached hydrogen (secondary N) is 1. The molecule has 0 unspecified atom stereocenters. The van der Waals surface area contributed by atoms with Gasteiger partial charge in [-0.1, -0.05) is 56.1 Å². The van der Waals surface area contributed by atoms with E-state index in [1.54, 1.807) is 12.1 Å². The van der Waals surface area contributed by atoms with Crippen molar-refractivity contribution in [2.24, 2.45) is 5.41 Å². The molecule has 3 nitrogen and oxygen atoms in total. The van der Waals surface area contributed by atoms with E-state index >= 15 is 0 Å². The topological polar surface area (TPSA) is 42.0 Å². The fourth-order valence-electron chi connectivity index (χ4n) is 2.16. The number of nitrogens with zero attached hydrogens (tertiary/aromatic N) is 1. The lowest BCUT2D eigenvalue weighted by Crippen LogP contribution is -2.28. The summed E-state index contributed by atoms with van der Waals surface area (Å²) in [6.07, 6.45) is 0. The molecule has 3 aromatic rings. The number of aromatic nitrogens is 1. The van der Waals surface area contributed by atoms with Crippen molar-refractivity contribution >= 4 is 56.3 Å². The van der Waals surface area contributed by atoms with Crippen molar-refractivity contribution in [3.05, 3.63) is 46.4 Å². The first kappa shape index (κ1) is 17.2. The van der Waals surface area contributed by atoms with Gasteiger partial charge in [-0.15, -0.1) is 11.3 Å². The average Bonchev–Trinajstić information content (AvgIpc) is 2.92. The van der Waals surface area contributed by atoms with Crippen LogP contribution in [0, 0.1) is 5.41 Å². The molecular formula is C18H16Cl2N2OS. The van der Waals surface area contributed by atoms with E-state index in [2.05, 4.69) is 10.3 Å². The van der Waals surface area contributed by atoms with Crippen LogP contribution in [0.2, 0.25) is 10.0 Å². The minimum absolute atomic E-state index is 0.117. The number of thiazole rings is 1. The van der Waals surface area contributed by atoms with Gasteiger partial charge in [-0.25, -0.2) is 4.98 Å². The van der Waals surface area contributed by atoms with Crippen LogP contribution in [0.15, 0.2) is 36.4 Å². The molecule has 0 atom stereocenters. The molecule has 0 spiro atoms. The fourth-order valence-corrected chi connectivity index (χ4v) is 3.69. The van der Waals surface area contributed by atoms with Crippen LogP contribution >= 0.6 is 34.5 Å². The van der Waals surface area contributed by atoms with Crippen molar-refractivity contribution in [2.45, 2.75) is 20.8 Å². The first-order chi connectivity index (χ1) is 11.3. The number of halogens is 2. The summed E-state index contributed by atoms with van der Waals surface area (Å²) >= 11 is 14.1. The number of anilines is 1. The molecule has 24 heavy (non-hydrogen) atoms. The predicted molar refractivity (Wildman–Crippen MR) is 103 cm³/mol. The number of benzene rings is 2. The van der Waals surface area contributed by atoms with E-state index in [1.807, 2.05) is 45.0 Å². The monoisotopic (exact) mass is 378 g/mol. The Bertz CT molecular complexity index is 895. The van der Waals surface area contributed by atoms with Crippen LogP contribution in [0.4, 0.5) is 5.69 Å². The minimum atomic E-state index is -0.534. The first-order valence-corrected chi connectivity index (χ1v) is 8.99. The third-order valence-electron chi connectivity index (χ3n) is 3.50.